The normalized spacial score (nSPS) is 15.0. The van der Waals surface area contributed by atoms with E-state index < -0.39 is 0 Å². The highest BCUT2D eigenvalue weighted by Gasteiger charge is 2.14. The average Bonchev–Trinajstić information content (AvgIpc) is 1.99. The van der Waals surface area contributed by atoms with Crippen molar-refractivity contribution in [3.05, 3.63) is 0 Å². The molecule has 0 fully saturated rings. The molecule has 0 rings (SSSR count). The van der Waals surface area contributed by atoms with Gasteiger partial charge in [-0.2, -0.15) is 5.26 Å². The zero-order valence-electron chi connectivity index (χ0n) is 6.79. The summed E-state index contributed by atoms with van der Waals surface area (Å²) in [6, 6.07) is 1.74. The summed E-state index contributed by atoms with van der Waals surface area (Å²) in [6.07, 6.45) is 0.475. The van der Waals surface area contributed by atoms with Gasteiger partial charge in [0.05, 0.1) is 12.1 Å². The van der Waals surface area contributed by atoms with Gasteiger partial charge in [-0.1, -0.05) is 6.92 Å². The summed E-state index contributed by atoms with van der Waals surface area (Å²) in [5, 5.41) is 11.3. The molecule has 0 aliphatic rings. The van der Waals surface area contributed by atoms with Crippen molar-refractivity contribution in [3.63, 3.8) is 0 Å². The molecule has 3 N–H and O–H groups in total. The van der Waals surface area contributed by atoms with Crippen LogP contribution in [-0.4, -0.2) is 19.0 Å². The van der Waals surface area contributed by atoms with Gasteiger partial charge in [0.1, 0.15) is 0 Å². The van der Waals surface area contributed by atoms with Crippen LogP contribution in [0.4, 0.5) is 0 Å². The summed E-state index contributed by atoms with van der Waals surface area (Å²) in [5.41, 5.74) is 5.02. The Hall–Kier alpha value is -1.08. The lowest BCUT2D eigenvalue weighted by molar-refractivity contribution is -0.121. The van der Waals surface area contributed by atoms with Crippen LogP contribution in [0.25, 0.3) is 0 Å². The van der Waals surface area contributed by atoms with Crippen LogP contribution in [0.5, 0.6) is 0 Å². The molecule has 1 amide bonds. The van der Waals surface area contributed by atoms with Crippen LogP contribution in [-0.2, 0) is 4.79 Å². The van der Waals surface area contributed by atoms with Gasteiger partial charge in [-0.3, -0.25) is 4.79 Å². The quantitative estimate of drug-likeness (QED) is 0.580. The van der Waals surface area contributed by atoms with Gasteiger partial charge >= 0.3 is 0 Å². The van der Waals surface area contributed by atoms with Crippen LogP contribution in [0.2, 0.25) is 0 Å². The minimum atomic E-state index is -0.361. The Kier molecular flexibility index (Phi) is 4.23. The first-order valence-corrected chi connectivity index (χ1v) is 3.48. The van der Waals surface area contributed by atoms with Crippen molar-refractivity contribution in [1.29, 1.82) is 5.26 Å². The van der Waals surface area contributed by atoms with Gasteiger partial charge in [0.25, 0.3) is 0 Å². The highest BCUT2D eigenvalue weighted by atomic mass is 16.1. The zero-order chi connectivity index (χ0) is 8.85. The van der Waals surface area contributed by atoms with E-state index in [9.17, 15) is 4.79 Å². The van der Waals surface area contributed by atoms with E-state index in [1.807, 2.05) is 6.07 Å². The number of nitrogens with zero attached hydrogens (tertiary/aromatic N) is 1. The highest BCUT2D eigenvalue weighted by Crippen LogP contribution is 2.03. The molecule has 0 bridgehead atoms. The maximum absolute atomic E-state index is 10.6. The molecule has 62 valence electrons. The maximum Gasteiger partial charge on any atom is 0.220 e. The average molecular weight is 155 g/mol. The number of hydrogen-bond donors (Lipinski definition) is 2. The molecule has 4 heteroatoms. The minimum absolute atomic E-state index is 0.243. The third-order valence-electron chi connectivity index (χ3n) is 1.58. The standard InChI is InChI=1S/C7H13N3O/c1-5(7(9)11)3-6(4-8)10-2/h5-6,10H,3H2,1-2H3,(H2,9,11). The SMILES string of the molecule is CNC(C#N)CC(C)C(N)=O. The first kappa shape index (κ1) is 9.92. The molecular weight excluding hydrogens is 142 g/mol. The third kappa shape index (κ3) is 3.58. The second-order valence-corrected chi connectivity index (χ2v) is 2.51. The smallest absolute Gasteiger partial charge is 0.220 e. The molecule has 4 nitrogen and oxygen atoms in total. The van der Waals surface area contributed by atoms with Crippen molar-refractivity contribution in [2.75, 3.05) is 7.05 Å². The van der Waals surface area contributed by atoms with Crippen LogP contribution in [0.3, 0.4) is 0 Å². The fourth-order valence-corrected chi connectivity index (χ4v) is 0.705. The Labute approximate surface area is 66.4 Å². The predicted molar refractivity (Wildman–Crippen MR) is 41.4 cm³/mol. The van der Waals surface area contributed by atoms with Crippen LogP contribution >= 0.6 is 0 Å². The summed E-state index contributed by atoms with van der Waals surface area (Å²) in [7, 11) is 1.68. The lowest BCUT2D eigenvalue weighted by atomic mass is 10.0. The Bertz CT molecular complexity index is 173. The molecule has 0 heterocycles. The number of primary amides is 1. The largest absolute Gasteiger partial charge is 0.369 e. The monoisotopic (exact) mass is 155 g/mol. The molecule has 0 aromatic carbocycles. The molecule has 0 aromatic rings. The van der Waals surface area contributed by atoms with Gasteiger partial charge in [-0.15, -0.1) is 0 Å². The molecule has 0 aliphatic heterocycles. The van der Waals surface area contributed by atoms with Gasteiger partial charge < -0.3 is 11.1 Å². The summed E-state index contributed by atoms with van der Waals surface area (Å²) < 4.78 is 0. The van der Waals surface area contributed by atoms with Crippen molar-refractivity contribution in [3.8, 4) is 6.07 Å². The van der Waals surface area contributed by atoms with E-state index in [-0.39, 0.29) is 17.9 Å². The number of amides is 1. The Morgan fingerprint density at radius 1 is 1.82 bits per heavy atom. The van der Waals surface area contributed by atoms with Gasteiger partial charge in [0, 0.05) is 5.92 Å². The van der Waals surface area contributed by atoms with Crippen molar-refractivity contribution in [2.24, 2.45) is 11.7 Å². The van der Waals surface area contributed by atoms with Gasteiger partial charge in [-0.25, -0.2) is 0 Å². The van der Waals surface area contributed by atoms with Gasteiger partial charge in [0.2, 0.25) is 5.91 Å². The van der Waals surface area contributed by atoms with Gasteiger partial charge in [0.15, 0.2) is 0 Å². The van der Waals surface area contributed by atoms with E-state index in [1.54, 1.807) is 14.0 Å². The van der Waals surface area contributed by atoms with E-state index in [2.05, 4.69) is 5.32 Å². The summed E-state index contributed by atoms with van der Waals surface area (Å²) in [5.74, 6) is -0.604. The highest BCUT2D eigenvalue weighted by molar-refractivity contribution is 5.76. The molecule has 2 atom stereocenters. The van der Waals surface area contributed by atoms with Crippen molar-refractivity contribution in [1.82, 2.24) is 5.32 Å². The third-order valence-corrected chi connectivity index (χ3v) is 1.58. The van der Waals surface area contributed by atoms with Crippen LogP contribution in [0.15, 0.2) is 0 Å². The van der Waals surface area contributed by atoms with Gasteiger partial charge in [-0.05, 0) is 13.5 Å². The Morgan fingerprint density at radius 3 is 2.64 bits per heavy atom. The number of nitrogens with one attached hydrogen (secondary N) is 1. The number of carbonyl (C=O) groups is 1. The Balaban J connectivity index is 3.83. The molecule has 0 aliphatic carbocycles. The number of carbonyl (C=O) groups excluding carboxylic acids is 1. The summed E-state index contributed by atoms with van der Waals surface area (Å²) in [4.78, 5) is 10.6. The van der Waals surface area contributed by atoms with Crippen LogP contribution in [0, 0.1) is 17.2 Å². The number of hydrogen-bond acceptors (Lipinski definition) is 3. The second kappa shape index (κ2) is 4.69. The minimum Gasteiger partial charge on any atom is -0.369 e. The van der Waals surface area contributed by atoms with E-state index in [0.717, 1.165) is 0 Å². The molecule has 0 saturated heterocycles. The molecule has 0 radical (unpaired) electrons. The lowest BCUT2D eigenvalue weighted by Crippen LogP contribution is -2.30. The number of nitrogens with two attached hydrogens (primary N) is 1. The van der Waals surface area contributed by atoms with Crippen molar-refractivity contribution < 1.29 is 4.79 Å². The van der Waals surface area contributed by atoms with E-state index in [1.165, 1.54) is 0 Å². The zero-order valence-corrected chi connectivity index (χ0v) is 6.79. The first-order chi connectivity index (χ1) is 5.11. The molecule has 0 aromatic heterocycles. The van der Waals surface area contributed by atoms with E-state index >= 15 is 0 Å². The molecule has 0 saturated carbocycles. The number of rotatable bonds is 4. The summed E-state index contributed by atoms with van der Waals surface area (Å²) in [6.45, 7) is 1.71. The fraction of sp³-hybridized carbons (Fsp3) is 0.714. The van der Waals surface area contributed by atoms with E-state index in [0.29, 0.717) is 6.42 Å². The lowest BCUT2D eigenvalue weighted by Gasteiger charge is -2.10. The fourth-order valence-electron chi connectivity index (χ4n) is 0.705. The van der Waals surface area contributed by atoms with E-state index in [4.69, 9.17) is 11.0 Å². The van der Waals surface area contributed by atoms with Crippen LogP contribution < -0.4 is 11.1 Å². The summed E-state index contributed by atoms with van der Waals surface area (Å²) >= 11 is 0. The first-order valence-electron chi connectivity index (χ1n) is 3.48. The van der Waals surface area contributed by atoms with Crippen LogP contribution in [0.1, 0.15) is 13.3 Å². The molecule has 11 heavy (non-hydrogen) atoms. The Morgan fingerprint density at radius 2 is 2.36 bits per heavy atom. The van der Waals surface area contributed by atoms with Crippen molar-refractivity contribution in [2.45, 2.75) is 19.4 Å². The van der Waals surface area contributed by atoms with Crippen molar-refractivity contribution >= 4 is 5.91 Å². The second-order valence-electron chi connectivity index (χ2n) is 2.51. The maximum atomic E-state index is 10.6. The molecule has 2 unspecified atom stereocenters. The molecular formula is C7H13N3O. The topological polar surface area (TPSA) is 78.9 Å². The number of nitriles is 1. The predicted octanol–water partition coefficient (Wildman–Crippen LogP) is -0.391. The molecule has 0 spiro atoms.